The van der Waals surface area contributed by atoms with Gasteiger partial charge in [-0.3, -0.25) is 0 Å². The van der Waals surface area contributed by atoms with E-state index in [2.05, 4.69) is 17.6 Å². The third-order valence-electron chi connectivity index (χ3n) is 5.12. The molecule has 21 heavy (non-hydrogen) atoms. The highest BCUT2D eigenvalue weighted by molar-refractivity contribution is 5.89. The summed E-state index contributed by atoms with van der Waals surface area (Å²) in [6, 6.07) is 7.53. The number of rotatable bonds is 4. The molecule has 2 bridgehead atoms. The number of urea groups is 1. The lowest BCUT2D eigenvalue weighted by molar-refractivity contribution is 0.230. The molecule has 114 valence electrons. The molecule has 0 spiro atoms. The van der Waals surface area contributed by atoms with Gasteiger partial charge in [-0.15, -0.1) is 0 Å². The van der Waals surface area contributed by atoms with Crippen molar-refractivity contribution in [1.82, 2.24) is 5.32 Å². The maximum atomic E-state index is 12.1. The summed E-state index contributed by atoms with van der Waals surface area (Å²) >= 11 is 0. The first-order valence-corrected chi connectivity index (χ1v) is 7.87. The Balaban J connectivity index is 1.53. The summed E-state index contributed by atoms with van der Waals surface area (Å²) in [6.45, 7) is 2.14. The van der Waals surface area contributed by atoms with E-state index in [9.17, 15) is 4.79 Å². The van der Waals surface area contributed by atoms with Crippen LogP contribution in [0.2, 0.25) is 0 Å². The zero-order chi connectivity index (χ0) is 14.8. The van der Waals surface area contributed by atoms with Crippen molar-refractivity contribution in [2.45, 2.75) is 38.6 Å². The number of ether oxygens (including phenoxy) is 1. The van der Waals surface area contributed by atoms with Crippen molar-refractivity contribution in [1.29, 1.82) is 0 Å². The van der Waals surface area contributed by atoms with Crippen molar-refractivity contribution < 1.29 is 9.53 Å². The normalized spacial score (nSPS) is 28.2. The van der Waals surface area contributed by atoms with Crippen LogP contribution in [0.3, 0.4) is 0 Å². The van der Waals surface area contributed by atoms with E-state index in [1.165, 1.54) is 25.7 Å². The number of fused-ring (bicyclic) bond motifs is 2. The van der Waals surface area contributed by atoms with Gasteiger partial charge in [0.05, 0.1) is 7.11 Å². The van der Waals surface area contributed by atoms with Crippen LogP contribution in [0, 0.1) is 17.8 Å². The van der Waals surface area contributed by atoms with Gasteiger partial charge >= 0.3 is 6.03 Å². The van der Waals surface area contributed by atoms with Gasteiger partial charge in [-0.1, -0.05) is 12.5 Å². The van der Waals surface area contributed by atoms with Gasteiger partial charge in [-0.25, -0.2) is 4.79 Å². The Morgan fingerprint density at radius 3 is 2.86 bits per heavy atom. The lowest BCUT2D eigenvalue weighted by Gasteiger charge is -2.28. The minimum Gasteiger partial charge on any atom is -0.497 e. The summed E-state index contributed by atoms with van der Waals surface area (Å²) in [4.78, 5) is 12.1. The molecule has 1 aromatic carbocycles. The molecule has 3 rings (SSSR count). The van der Waals surface area contributed by atoms with Crippen LogP contribution in [0.15, 0.2) is 24.3 Å². The zero-order valence-electron chi connectivity index (χ0n) is 12.8. The number of benzene rings is 1. The van der Waals surface area contributed by atoms with Crippen LogP contribution in [-0.4, -0.2) is 19.2 Å². The first-order chi connectivity index (χ1) is 10.2. The van der Waals surface area contributed by atoms with Crippen molar-refractivity contribution in [3.05, 3.63) is 24.3 Å². The summed E-state index contributed by atoms with van der Waals surface area (Å²) in [6.07, 6.45) is 5.39. The second-order valence-corrected chi connectivity index (χ2v) is 6.46. The number of carbonyl (C=O) groups excluding carboxylic acids is 1. The second kappa shape index (κ2) is 5.96. The van der Waals surface area contributed by atoms with E-state index in [-0.39, 0.29) is 12.1 Å². The van der Waals surface area contributed by atoms with Crippen molar-refractivity contribution in [3.8, 4) is 5.75 Å². The Morgan fingerprint density at radius 2 is 2.19 bits per heavy atom. The quantitative estimate of drug-likeness (QED) is 0.888. The minimum atomic E-state index is -0.126. The Morgan fingerprint density at radius 1 is 1.33 bits per heavy atom. The van der Waals surface area contributed by atoms with Gasteiger partial charge in [0.2, 0.25) is 0 Å². The monoisotopic (exact) mass is 288 g/mol. The van der Waals surface area contributed by atoms with E-state index in [4.69, 9.17) is 4.74 Å². The van der Waals surface area contributed by atoms with Gasteiger partial charge in [0.15, 0.2) is 0 Å². The number of carbonyl (C=O) groups is 1. The zero-order valence-corrected chi connectivity index (χ0v) is 12.8. The summed E-state index contributed by atoms with van der Waals surface area (Å²) < 4.78 is 5.16. The fraction of sp³-hybridized carbons (Fsp3) is 0.588. The first-order valence-electron chi connectivity index (χ1n) is 7.87. The van der Waals surface area contributed by atoms with E-state index < -0.39 is 0 Å². The molecular weight excluding hydrogens is 264 g/mol. The number of amides is 2. The van der Waals surface area contributed by atoms with Gasteiger partial charge in [0, 0.05) is 17.8 Å². The maximum absolute atomic E-state index is 12.1. The molecule has 2 fully saturated rings. The molecule has 2 aliphatic carbocycles. The molecule has 0 aliphatic heterocycles. The molecule has 4 atom stereocenters. The summed E-state index contributed by atoms with van der Waals surface area (Å²) in [5, 5.41) is 5.99. The lowest BCUT2D eigenvalue weighted by Crippen LogP contribution is -2.42. The standard InChI is InChI=1S/C17H24N2O2/c1-11(16-9-12-6-7-13(16)8-12)18-17(20)19-14-4-3-5-15(10-14)21-2/h3-5,10-13,16H,6-9H2,1-2H3,(H2,18,19,20)/t11-,12+,13+,16-/m1/s1. The molecule has 0 unspecified atom stereocenters. The van der Waals surface area contributed by atoms with Crippen molar-refractivity contribution in [2.24, 2.45) is 17.8 Å². The highest BCUT2D eigenvalue weighted by Gasteiger charge is 2.42. The SMILES string of the molecule is COc1cccc(NC(=O)N[C@H](C)[C@H]2C[C@H]3CC[C@H]2C3)c1. The smallest absolute Gasteiger partial charge is 0.319 e. The van der Waals surface area contributed by atoms with E-state index in [1.807, 2.05) is 24.3 Å². The molecule has 4 heteroatoms. The van der Waals surface area contributed by atoms with Gasteiger partial charge in [0.25, 0.3) is 0 Å². The Bertz CT molecular complexity index is 517. The number of hydrogen-bond donors (Lipinski definition) is 2. The predicted octanol–water partition coefficient (Wildman–Crippen LogP) is 3.64. The van der Waals surface area contributed by atoms with E-state index in [1.54, 1.807) is 7.11 Å². The highest BCUT2D eigenvalue weighted by Crippen LogP contribution is 2.49. The lowest BCUT2D eigenvalue weighted by atomic mass is 9.84. The molecule has 2 N–H and O–H groups in total. The van der Waals surface area contributed by atoms with E-state index >= 15 is 0 Å². The van der Waals surface area contributed by atoms with Crippen molar-refractivity contribution >= 4 is 11.7 Å². The first kappa shape index (κ1) is 14.2. The summed E-state index contributed by atoms with van der Waals surface area (Å²) in [5.41, 5.74) is 0.756. The van der Waals surface area contributed by atoms with E-state index in [0.29, 0.717) is 5.92 Å². The van der Waals surface area contributed by atoms with Gasteiger partial charge in [-0.2, -0.15) is 0 Å². The predicted molar refractivity (Wildman–Crippen MR) is 83.5 cm³/mol. The third kappa shape index (κ3) is 3.14. The Labute approximate surface area is 126 Å². The van der Waals surface area contributed by atoms with Gasteiger partial charge in [0.1, 0.15) is 5.75 Å². The second-order valence-electron chi connectivity index (χ2n) is 6.46. The van der Waals surface area contributed by atoms with Gasteiger partial charge in [-0.05, 0) is 56.1 Å². The molecular formula is C17H24N2O2. The summed E-state index contributed by atoms with van der Waals surface area (Å²) in [7, 11) is 1.62. The number of methoxy groups -OCH3 is 1. The fourth-order valence-corrected chi connectivity index (χ4v) is 4.09. The average molecular weight is 288 g/mol. The molecule has 0 saturated heterocycles. The maximum Gasteiger partial charge on any atom is 0.319 e. The number of nitrogens with one attached hydrogen (secondary N) is 2. The van der Waals surface area contributed by atoms with Crippen LogP contribution in [0.5, 0.6) is 5.75 Å². The topological polar surface area (TPSA) is 50.4 Å². The minimum absolute atomic E-state index is 0.126. The molecule has 4 nitrogen and oxygen atoms in total. The van der Waals surface area contributed by atoms with Crippen LogP contribution in [0.25, 0.3) is 0 Å². The fourth-order valence-electron chi connectivity index (χ4n) is 4.09. The highest BCUT2D eigenvalue weighted by atomic mass is 16.5. The van der Waals surface area contributed by atoms with Crippen molar-refractivity contribution in [2.75, 3.05) is 12.4 Å². The largest absolute Gasteiger partial charge is 0.497 e. The molecule has 2 amide bonds. The van der Waals surface area contributed by atoms with Crippen LogP contribution < -0.4 is 15.4 Å². The Kier molecular flexibility index (Phi) is 4.04. The van der Waals surface area contributed by atoms with Crippen LogP contribution in [0.1, 0.15) is 32.6 Å². The number of hydrogen-bond acceptors (Lipinski definition) is 2. The van der Waals surface area contributed by atoms with Crippen LogP contribution in [0.4, 0.5) is 10.5 Å². The molecule has 2 saturated carbocycles. The number of anilines is 1. The third-order valence-corrected chi connectivity index (χ3v) is 5.12. The molecule has 1 aromatic rings. The molecule has 0 radical (unpaired) electrons. The molecule has 0 heterocycles. The average Bonchev–Trinajstić information content (AvgIpc) is 3.10. The van der Waals surface area contributed by atoms with Crippen LogP contribution >= 0.6 is 0 Å². The molecule has 2 aliphatic rings. The van der Waals surface area contributed by atoms with Crippen molar-refractivity contribution in [3.63, 3.8) is 0 Å². The van der Waals surface area contributed by atoms with E-state index in [0.717, 1.165) is 23.3 Å². The van der Waals surface area contributed by atoms with Gasteiger partial charge < -0.3 is 15.4 Å². The Hall–Kier alpha value is -1.71. The van der Waals surface area contributed by atoms with Crippen LogP contribution in [-0.2, 0) is 0 Å². The summed E-state index contributed by atoms with van der Waals surface area (Å²) in [5.74, 6) is 3.13. The molecule has 0 aromatic heterocycles.